The standard InChI is InChI=1S/C10H11BrOS/c1-13-9-4-2-8(3-5-9)10(11)6-12-7-10/h2-5H,6-7H2,1H3. The summed E-state index contributed by atoms with van der Waals surface area (Å²) in [5.41, 5.74) is 1.32. The summed E-state index contributed by atoms with van der Waals surface area (Å²) in [7, 11) is 0. The number of hydrogen-bond acceptors (Lipinski definition) is 2. The van der Waals surface area contributed by atoms with E-state index in [-0.39, 0.29) is 4.32 Å². The molecule has 0 saturated carbocycles. The molecule has 1 fully saturated rings. The smallest absolute Gasteiger partial charge is 0.0971 e. The van der Waals surface area contributed by atoms with Gasteiger partial charge in [0.1, 0.15) is 0 Å². The van der Waals surface area contributed by atoms with Gasteiger partial charge in [-0.25, -0.2) is 0 Å². The average Bonchev–Trinajstić information content (AvgIpc) is 2.14. The summed E-state index contributed by atoms with van der Waals surface area (Å²) in [5.74, 6) is 0. The van der Waals surface area contributed by atoms with Crippen LogP contribution in [0.4, 0.5) is 0 Å². The number of benzene rings is 1. The van der Waals surface area contributed by atoms with Gasteiger partial charge in [0.25, 0.3) is 0 Å². The van der Waals surface area contributed by atoms with Gasteiger partial charge in [0, 0.05) is 4.90 Å². The van der Waals surface area contributed by atoms with Gasteiger partial charge in [0.15, 0.2) is 0 Å². The second-order valence-corrected chi connectivity index (χ2v) is 5.58. The van der Waals surface area contributed by atoms with E-state index in [2.05, 4.69) is 46.5 Å². The number of ether oxygens (including phenoxy) is 1. The predicted molar refractivity (Wildman–Crippen MR) is 59.6 cm³/mol. The summed E-state index contributed by atoms with van der Waals surface area (Å²) in [6.07, 6.45) is 2.09. The fourth-order valence-corrected chi connectivity index (χ4v) is 2.33. The van der Waals surface area contributed by atoms with Crippen molar-refractivity contribution >= 4 is 27.7 Å². The zero-order chi connectivity index (χ0) is 9.31. The molecule has 1 saturated heterocycles. The first-order chi connectivity index (χ1) is 6.24. The molecule has 70 valence electrons. The fourth-order valence-electron chi connectivity index (χ4n) is 1.34. The fraction of sp³-hybridized carbons (Fsp3) is 0.400. The highest BCUT2D eigenvalue weighted by Crippen LogP contribution is 2.38. The van der Waals surface area contributed by atoms with Crippen molar-refractivity contribution in [1.29, 1.82) is 0 Å². The normalized spacial score (nSPS) is 19.5. The molecule has 3 heteroatoms. The zero-order valence-corrected chi connectivity index (χ0v) is 9.82. The summed E-state index contributed by atoms with van der Waals surface area (Å²) in [4.78, 5) is 1.31. The highest BCUT2D eigenvalue weighted by atomic mass is 79.9. The Morgan fingerprint density at radius 1 is 1.31 bits per heavy atom. The van der Waals surface area contributed by atoms with Gasteiger partial charge in [-0.3, -0.25) is 0 Å². The molecule has 0 N–H and O–H groups in total. The monoisotopic (exact) mass is 258 g/mol. The molecule has 0 amide bonds. The molecular weight excluding hydrogens is 248 g/mol. The van der Waals surface area contributed by atoms with Gasteiger partial charge in [-0.05, 0) is 24.0 Å². The molecule has 0 bridgehead atoms. The lowest BCUT2D eigenvalue weighted by molar-refractivity contribution is -0.00700. The van der Waals surface area contributed by atoms with Crippen molar-refractivity contribution in [3.05, 3.63) is 29.8 Å². The first-order valence-corrected chi connectivity index (χ1v) is 6.17. The van der Waals surface area contributed by atoms with E-state index in [0.717, 1.165) is 13.2 Å². The van der Waals surface area contributed by atoms with Crippen LogP contribution in [0.1, 0.15) is 5.56 Å². The van der Waals surface area contributed by atoms with Crippen LogP contribution in [0, 0.1) is 0 Å². The predicted octanol–water partition coefficient (Wildman–Crippen LogP) is 3.03. The summed E-state index contributed by atoms with van der Waals surface area (Å²) < 4.78 is 5.28. The Morgan fingerprint density at radius 3 is 2.31 bits per heavy atom. The first-order valence-electron chi connectivity index (χ1n) is 4.16. The molecule has 0 radical (unpaired) electrons. The van der Waals surface area contributed by atoms with E-state index in [9.17, 15) is 0 Å². The second-order valence-electron chi connectivity index (χ2n) is 3.19. The van der Waals surface area contributed by atoms with E-state index in [1.54, 1.807) is 11.8 Å². The maximum Gasteiger partial charge on any atom is 0.0971 e. The minimum absolute atomic E-state index is 0.0872. The number of hydrogen-bond donors (Lipinski definition) is 0. The third kappa shape index (κ3) is 1.78. The molecule has 0 spiro atoms. The van der Waals surface area contributed by atoms with Crippen LogP contribution < -0.4 is 0 Å². The van der Waals surface area contributed by atoms with E-state index in [1.165, 1.54) is 10.5 Å². The molecule has 1 aliphatic heterocycles. The highest BCUT2D eigenvalue weighted by molar-refractivity contribution is 9.09. The Labute approximate surface area is 91.0 Å². The molecule has 13 heavy (non-hydrogen) atoms. The Balaban J connectivity index is 2.22. The van der Waals surface area contributed by atoms with Crippen molar-refractivity contribution in [1.82, 2.24) is 0 Å². The summed E-state index contributed by atoms with van der Waals surface area (Å²) in [6, 6.07) is 8.65. The Hall–Kier alpha value is 0.01000. The van der Waals surface area contributed by atoms with Crippen LogP contribution in [0.25, 0.3) is 0 Å². The quantitative estimate of drug-likeness (QED) is 0.596. The maximum absolute atomic E-state index is 5.20. The molecule has 1 aliphatic rings. The first kappa shape index (κ1) is 9.56. The number of alkyl halides is 1. The lowest BCUT2D eigenvalue weighted by Gasteiger charge is -2.36. The molecule has 1 nitrogen and oxygen atoms in total. The van der Waals surface area contributed by atoms with Crippen molar-refractivity contribution < 1.29 is 4.74 Å². The van der Waals surface area contributed by atoms with Gasteiger partial charge < -0.3 is 4.74 Å². The molecule has 2 rings (SSSR count). The number of thioether (sulfide) groups is 1. The SMILES string of the molecule is CSc1ccc(C2(Br)COC2)cc1. The van der Waals surface area contributed by atoms with E-state index in [0.29, 0.717) is 0 Å². The minimum atomic E-state index is 0.0872. The highest BCUT2D eigenvalue weighted by Gasteiger charge is 2.37. The molecule has 1 heterocycles. The van der Waals surface area contributed by atoms with Crippen LogP contribution in [0.2, 0.25) is 0 Å². The molecule has 1 aromatic rings. The molecule has 0 unspecified atom stereocenters. The van der Waals surface area contributed by atoms with Crippen molar-refractivity contribution in [3.8, 4) is 0 Å². The van der Waals surface area contributed by atoms with Gasteiger partial charge in [-0.2, -0.15) is 0 Å². The maximum atomic E-state index is 5.20. The third-order valence-corrected chi connectivity index (χ3v) is 3.93. The molecule has 0 aromatic heterocycles. The average molecular weight is 259 g/mol. The molecular formula is C10H11BrOS. The van der Waals surface area contributed by atoms with Gasteiger partial charge in [-0.15, -0.1) is 11.8 Å². The van der Waals surface area contributed by atoms with Crippen LogP contribution in [-0.4, -0.2) is 19.5 Å². The Morgan fingerprint density at radius 2 is 1.92 bits per heavy atom. The van der Waals surface area contributed by atoms with E-state index < -0.39 is 0 Å². The third-order valence-electron chi connectivity index (χ3n) is 2.27. The topological polar surface area (TPSA) is 9.23 Å². The van der Waals surface area contributed by atoms with Gasteiger partial charge in [0.2, 0.25) is 0 Å². The van der Waals surface area contributed by atoms with Gasteiger partial charge >= 0.3 is 0 Å². The minimum Gasteiger partial charge on any atom is -0.378 e. The molecule has 0 aliphatic carbocycles. The van der Waals surface area contributed by atoms with Crippen molar-refractivity contribution in [3.63, 3.8) is 0 Å². The second kappa shape index (κ2) is 3.64. The van der Waals surface area contributed by atoms with E-state index in [4.69, 9.17) is 4.74 Å². The van der Waals surface area contributed by atoms with E-state index >= 15 is 0 Å². The van der Waals surface area contributed by atoms with Crippen molar-refractivity contribution in [2.75, 3.05) is 19.5 Å². The molecule has 0 atom stereocenters. The number of halogens is 1. The Kier molecular flexibility index (Phi) is 2.67. The summed E-state index contributed by atoms with van der Waals surface area (Å²) >= 11 is 5.46. The Bertz CT molecular complexity index is 292. The van der Waals surface area contributed by atoms with Crippen molar-refractivity contribution in [2.24, 2.45) is 0 Å². The zero-order valence-electron chi connectivity index (χ0n) is 7.42. The lowest BCUT2D eigenvalue weighted by Crippen LogP contribution is -2.40. The van der Waals surface area contributed by atoms with Crippen LogP contribution in [0.15, 0.2) is 29.2 Å². The van der Waals surface area contributed by atoms with Crippen molar-refractivity contribution in [2.45, 2.75) is 9.22 Å². The van der Waals surface area contributed by atoms with E-state index in [1.807, 2.05) is 0 Å². The molecule has 1 aromatic carbocycles. The van der Waals surface area contributed by atoms with Gasteiger partial charge in [0.05, 0.1) is 17.5 Å². The lowest BCUT2D eigenvalue weighted by atomic mass is 9.98. The largest absolute Gasteiger partial charge is 0.378 e. The summed E-state index contributed by atoms with van der Waals surface area (Å²) in [5, 5.41) is 0. The van der Waals surface area contributed by atoms with Crippen LogP contribution in [-0.2, 0) is 9.06 Å². The van der Waals surface area contributed by atoms with Crippen LogP contribution >= 0.6 is 27.7 Å². The van der Waals surface area contributed by atoms with Crippen LogP contribution in [0.3, 0.4) is 0 Å². The summed E-state index contributed by atoms with van der Waals surface area (Å²) in [6.45, 7) is 1.57. The number of rotatable bonds is 2. The van der Waals surface area contributed by atoms with Gasteiger partial charge in [-0.1, -0.05) is 28.1 Å². The van der Waals surface area contributed by atoms with Crippen LogP contribution in [0.5, 0.6) is 0 Å².